The molecule has 0 saturated carbocycles. The van der Waals surface area contributed by atoms with Crippen molar-refractivity contribution in [1.82, 2.24) is 0 Å². The van der Waals surface area contributed by atoms with Crippen molar-refractivity contribution in [2.24, 2.45) is 0 Å². The van der Waals surface area contributed by atoms with Gasteiger partial charge in [0.1, 0.15) is 6.54 Å². The molecule has 20 heavy (non-hydrogen) atoms. The van der Waals surface area contributed by atoms with E-state index in [2.05, 4.69) is 4.74 Å². The number of benzene rings is 1. The molecule has 0 saturated heterocycles. The summed E-state index contributed by atoms with van der Waals surface area (Å²) in [6, 6.07) is 2.61. The molecule has 0 amide bonds. The fraction of sp³-hybridized carbons (Fsp3) is 0.417. The van der Waals surface area contributed by atoms with Crippen LogP contribution in [-0.4, -0.2) is 33.3 Å². The second kappa shape index (κ2) is 6.65. The van der Waals surface area contributed by atoms with Gasteiger partial charge in [-0.25, -0.2) is 17.2 Å². The van der Waals surface area contributed by atoms with Crippen molar-refractivity contribution in [1.29, 1.82) is 0 Å². The lowest BCUT2D eigenvalue weighted by atomic mass is 10.3. The highest BCUT2D eigenvalue weighted by atomic mass is 32.2. The molecule has 0 radical (unpaired) electrons. The topological polar surface area (TPSA) is 63.7 Å². The lowest BCUT2D eigenvalue weighted by Crippen LogP contribution is -2.37. The molecule has 0 aliphatic heterocycles. The Labute approximate surface area is 116 Å². The largest absolute Gasteiger partial charge is 0.465 e. The van der Waals surface area contributed by atoms with Gasteiger partial charge in [0.05, 0.1) is 18.0 Å². The normalized spacial score (nSPS) is 11.2. The Balaban J connectivity index is 3.16. The van der Waals surface area contributed by atoms with Crippen molar-refractivity contribution in [2.45, 2.75) is 13.8 Å². The summed E-state index contributed by atoms with van der Waals surface area (Å²) in [5.74, 6) is -3.35. The summed E-state index contributed by atoms with van der Waals surface area (Å²) in [5.41, 5.74) is -0.126. The van der Waals surface area contributed by atoms with E-state index in [4.69, 9.17) is 0 Å². The van der Waals surface area contributed by atoms with Gasteiger partial charge in [-0.05, 0) is 26.0 Å². The van der Waals surface area contributed by atoms with E-state index in [1.54, 1.807) is 6.92 Å². The van der Waals surface area contributed by atoms with Crippen LogP contribution >= 0.6 is 0 Å². The predicted octanol–water partition coefficient (Wildman–Crippen LogP) is 1.68. The van der Waals surface area contributed by atoms with Gasteiger partial charge in [-0.2, -0.15) is 0 Å². The van der Waals surface area contributed by atoms with E-state index < -0.39 is 34.2 Å². The van der Waals surface area contributed by atoms with Crippen LogP contribution in [0.15, 0.2) is 18.2 Å². The standard InChI is InChI=1S/C12H15F2NO4S/c1-3-19-12(16)8-15(20(17,18)4-2)9-5-6-10(13)11(14)7-9/h5-7H,3-4,8H2,1-2H3. The molecule has 1 aromatic rings. The van der Waals surface area contributed by atoms with Crippen LogP contribution in [0.1, 0.15) is 13.8 Å². The molecule has 0 aliphatic carbocycles. The number of nitrogens with zero attached hydrogens (tertiary/aromatic N) is 1. The fourth-order valence-electron chi connectivity index (χ4n) is 1.47. The van der Waals surface area contributed by atoms with Gasteiger partial charge in [0, 0.05) is 6.07 Å². The minimum absolute atomic E-state index is 0.0939. The number of carbonyl (C=O) groups is 1. The van der Waals surface area contributed by atoms with Crippen molar-refractivity contribution in [3.05, 3.63) is 29.8 Å². The highest BCUT2D eigenvalue weighted by Crippen LogP contribution is 2.21. The average Bonchev–Trinajstić information content (AvgIpc) is 2.39. The molecular formula is C12H15F2NO4S. The highest BCUT2D eigenvalue weighted by Gasteiger charge is 2.24. The molecule has 8 heteroatoms. The van der Waals surface area contributed by atoms with Gasteiger partial charge in [-0.15, -0.1) is 0 Å². The van der Waals surface area contributed by atoms with Crippen LogP contribution in [0, 0.1) is 11.6 Å². The summed E-state index contributed by atoms with van der Waals surface area (Å²) < 4.78 is 55.3. The van der Waals surface area contributed by atoms with Crippen LogP contribution < -0.4 is 4.31 Å². The number of halogens is 2. The molecule has 0 spiro atoms. The number of rotatable bonds is 6. The van der Waals surface area contributed by atoms with Crippen molar-refractivity contribution < 1.29 is 26.7 Å². The third-order valence-electron chi connectivity index (χ3n) is 2.47. The Morgan fingerprint density at radius 1 is 1.25 bits per heavy atom. The number of sulfonamides is 1. The van der Waals surface area contributed by atoms with Crippen LogP contribution in [0.5, 0.6) is 0 Å². The fourth-order valence-corrected chi connectivity index (χ4v) is 2.52. The summed E-state index contributed by atoms with van der Waals surface area (Å²) >= 11 is 0. The smallest absolute Gasteiger partial charge is 0.326 e. The van der Waals surface area contributed by atoms with Crippen LogP contribution in [0.4, 0.5) is 14.5 Å². The number of esters is 1. The van der Waals surface area contributed by atoms with E-state index in [0.717, 1.165) is 18.2 Å². The van der Waals surface area contributed by atoms with Gasteiger partial charge in [0.2, 0.25) is 10.0 Å². The molecule has 0 heterocycles. The first-order valence-electron chi connectivity index (χ1n) is 5.93. The molecule has 1 aromatic carbocycles. The maximum absolute atomic E-state index is 13.2. The monoisotopic (exact) mass is 307 g/mol. The Bertz CT molecular complexity index is 589. The molecule has 0 fully saturated rings. The minimum Gasteiger partial charge on any atom is -0.465 e. The SMILES string of the molecule is CCOC(=O)CN(c1ccc(F)c(F)c1)S(=O)(=O)CC. The van der Waals surface area contributed by atoms with Crippen LogP contribution in [0.2, 0.25) is 0 Å². The third-order valence-corrected chi connectivity index (χ3v) is 4.21. The van der Waals surface area contributed by atoms with E-state index in [1.165, 1.54) is 6.92 Å². The lowest BCUT2D eigenvalue weighted by Gasteiger charge is -2.22. The number of hydrogen-bond acceptors (Lipinski definition) is 4. The summed E-state index contributed by atoms with van der Waals surface area (Å²) in [7, 11) is -3.81. The molecule has 0 unspecified atom stereocenters. The van der Waals surface area contributed by atoms with Crippen molar-refractivity contribution in [2.75, 3.05) is 23.2 Å². The van der Waals surface area contributed by atoms with Gasteiger partial charge in [-0.3, -0.25) is 9.10 Å². The van der Waals surface area contributed by atoms with E-state index >= 15 is 0 Å². The Morgan fingerprint density at radius 2 is 1.90 bits per heavy atom. The summed E-state index contributed by atoms with van der Waals surface area (Å²) in [5, 5.41) is 0. The summed E-state index contributed by atoms with van der Waals surface area (Å²) in [4.78, 5) is 11.4. The number of hydrogen-bond donors (Lipinski definition) is 0. The molecule has 0 N–H and O–H groups in total. The Kier molecular flexibility index (Phi) is 5.43. The Hall–Kier alpha value is -1.70. The zero-order valence-electron chi connectivity index (χ0n) is 11.1. The van der Waals surface area contributed by atoms with Gasteiger partial charge in [-0.1, -0.05) is 0 Å². The van der Waals surface area contributed by atoms with E-state index in [1.807, 2.05) is 0 Å². The highest BCUT2D eigenvalue weighted by molar-refractivity contribution is 7.92. The maximum Gasteiger partial charge on any atom is 0.326 e. The van der Waals surface area contributed by atoms with Crippen molar-refractivity contribution in [3.8, 4) is 0 Å². The minimum atomic E-state index is -3.81. The molecule has 0 bridgehead atoms. The molecule has 0 aliphatic rings. The van der Waals surface area contributed by atoms with Crippen LogP contribution in [0.3, 0.4) is 0 Å². The van der Waals surface area contributed by atoms with Gasteiger partial charge >= 0.3 is 5.97 Å². The maximum atomic E-state index is 13.2. The number of carbonyl (C=O) groups excluding carboxylic acids is 1. The first-order chi connectivity index (χ1) is 9.31. The van der Waals surface area contributed by atoms with Gasteiger partial charge < -0.3 is 4.74 Å². The van der Waals surface area contributed by atoms with Gasteiger partial charge in [0.15, 0.2) is 11.6 Å². The van der Waals surface area contributed by atoms with E-state index in [9.17, 15) is 22.0 Å². The summed E-state index contributed by atoms with van der Waals surface area (Å²) in [6.07, 6.45) is 0. The van der Waals surface area contributed by atoms with Crippen LogP contribution in [0.25, 0.3) is 0 Å². The zero-order chi connectivity index (χ0) is 15.3. The third kappa shape index (κ3) is 3.89. The number of anilines is 1. The molecule has 0 atom stereocenters. The van der Waals surface area contributed by atoms with Gasteiger partial charge in [0.25, 0.3) is 0 Å². The molecule has 1 rings (SSSR count). The quantitative estimate of drug-likeness (QED) is 0.750. The molecular weight excluding hydrogens is 292 g/mol. The first-order valence-corrected chi connectivity index (χ1v) is 7.53. The lowest BCUT2D eigenvalue weighted by molar-refractivity contribution is -0.141. The van der Waals surface area contributed by atoms with Crippen molar-refractivity contribution in [3.63, 3.8) is 0 Å². The average molecular weight is 307 g/mol. The second-order valence-corrected chi connectivity index (χ2v) is 5.99. The first kappa shape index (κ1) is 16.4. The molecule has 5 nitrogen and oxygen atoms in total. The predicted molar refractivity (Wildman–Crippen MR) is 69.8 cm³/mol. The number of ether oxygens (including phenoxy) is 1. The second-order valence-electron chi connectivity index (χ2n) is 3.81. The zero-order valence-corrected chi connectivity index (χ0v) is 11.9. The summed E-state index contributed by atoms with van der Waals surface area (Å²) in [6.45, 7) is 2.47. The Morgan fingerprint density at radius 3 is 2.40 bits per heavy atom. The van der Waals surface area contributed by atoms with E-state index in [-0.39, 0.29) is 18.0 Å². The molecule has 0 aromatic heterocycles. The molecule has 112 valence electrons. The van der Waals surface area contributed by atoms with Crippen LogP contribution in [-0.2, 0) is 19.6 Å². The van der Waals surface area contributed by atoms with Crippen molar-refractivity contribution >= 4 is 21.7 Å². The van der Waals surface area contributed by atoms with E-state index in [0.29, 0.717) is 4.31 Å².